The van der Waals surface area contributed by atoms with Crippen LogP contribution in [0.2, 0.25) is 0 Å². The fourth-order valence-electron chi connectivity index (χ4n) is 0.749. The summed E-state index contributed by atoms with van der Waals surface area (Å²) < 4.78 is 4.69. The summed E-state index contributed by atoms with van der Waals surface area (Å²) in [5.74, 6) is 0.0301. The molecule has 12 heavy (non-hydrogen) atoms. The van der Waals surface area contributed by atoms with Gasteiger partial charge in [-0.1, -0.05) is 0 Å². The van der Waals surface area contributed by atoms with E-state index in [1.54, 1.807) is 0 Å². The van der Waals surface area contributed by atoms with Crippen molar-refractivity contribution in [2.45, 2.75) is 6.29 Å². The van der Waals surface area contributed by atoms with Gasteiger partial charge >= 0.3 is 5.70 Å². The minimum atomic E-state index is -0.677. The Morgan fingerprint density at radius 2 is 2.58 bits per heavy atom. The maximum atomic E-state index is 10.3. The summed E-state index contributed by atoms with van der Waals surface area (Å²) in [5, 5.41) is 12.8. The van der Waals surface area contributed by atoms with E-state index in [4.69, 9.17) is 10.5 Å². The van der Waals surface area contributed by atoms with Crippen molar-refractivity contribution in [2.75, 3.05) is 7.11 Å². The van der Waals surface area contributed by atoms with E-state index in [0.29, 0.717) is 0 Å². The summed E-state index contributed by atoms with van der Waals surface area (Å²) in [4.78, 5) is 13.3. The highest BCUT2D eigenvalue weighted by Gasteiger charge is 2.22. The molecule has 0 aromatic carbocycles. The van der Waals surface area contributed by atoms with Crippen molar-refractivity contribution >= 4 is 6.21 Å². The van der Waals surface area contributed by atoms with Gasteiger partial charge in [-0.25, -0.2) is 4.99 Å². The molecule has 0 aromatic rings. The van der Waals surface area contributed by atoms with Gasteiger partial charge in [0.2, 0.25) is 0 Å². The van der Waals surface area contributed by atoms with Crippen molar-refractivity contribution in [3.05, 3.63) is 21.7 Å². The number of hydrogen-bond acceptors (Lipinski definition) is 6. The standard InChI is InChI=1S/C5H8N4O3/c1-12-4-3(9(10)11)2-7-5(6)8-4/h2,5,8H,6H2,1H3. The second-order valence-electron chi connectivity index (χ2n) is 2.04. The Morgan fingerprint density at radius 3 is 3.08 bits per heavy atom. The van der Waals surface area contributed by atoms with E-state index in [2.05, 4.69) is 10.3 Å². The summed E-state index contributed by atoms with van der Waals surface area (Å²) in [6.07, 6.45) is 0.392. The van der Waals surface area contributed by atoms with Crippen LogP contribution in [0.3, 0.4) is 0 Å². The molecule has 0 radical (unpaired) electrons. The number of methoxy groups -OCH3 is 1. The van der Waals surface area contributed by atoms with Crippen LogP contribution in [0.15, 0.2) is 16.6 Å². The molecule has 0 fully saturated rings. The molecule has 1 aliphatic rings. The average molecular weight is 172 g/mol. The van der Waals surface area contributed by atoms with Crippen LogP contribution in [0.1, 0.15) is 0 Å². The summed E-state index contributed by atoms with van der Waals surface area (Å²) in [7, 11) is 1.32. The highest BCUT2D eigenvalue weighted by Crippen LogP contribution is 2.05. The zero-order valence-corrected chi connectivity index (χ0v) is 6.35. The van der Waals surface area contributed by atoms with E-state index in [0.717, 1.165) is 6.21 Å². The number of aliphatic imine (C=N–C) groups is 1. The van der Waals surface area contributed by atoms with E-state index in [9.17, 15) is 10.1 Å². The molecule has 1 unspecified atom stereocenters. The summed E-state index contributed by atoms with van der Waals surface area (Å²) in [5.41, 5.74) is 5.09. The third-order valence-corrected chi connectivity index (χ3v) is 1.27. The third kappa shape index (κ3) is 1.51. The zero-order valence-electron chi connectivity index (χ0n) is 6.35. The first kappa shape index (κ1) is 8.47. The van der Waals surface area contributed by atoms with Crippen molar-refractivity contribution < 1.29 is 9.66 Å². The van der Waals surface area contributed by atoms with Gasteiger partial charge in [-0.3, -0.25) is 15.8 Å². The van der Waals surface area contributed by atoms with Gasteiger partial charge in [0, 0.05) is 0 Å². The molecule has 0 spiro atoms. The van der Waals surface area contributed by atoms with Gasteiger partial charge in [0.05, 0.1) is 12.0 Å². The highest BCUT2D eigenvalue weighted by atomic mass is 16.6. The van der Waals surface area contributed by atoms with Crippen LogP contribution in [0, 0.1) is 10.1 Å². The number of hydrogen-bond donors (Lipinski definition) is 2. The van der Waals surface area contributed by atoms with Gasteiger partial charge in [0.25, 0.3) is 5.88 Å². The Bertz CT molecular complexity index is 259. The predicted octanol–water partition coefficient (Wildman–Crippen LogP) is -1.01. The van der Waals surface area contributed by atoms with Crippen molar-refractivity contribution in [1.29, 1.82) is 0 Å². The number of allylic oxidation sites excluding steroid dienone is 1. The monoisotopic (exact) mass is 172 g/mol. The molecule has 1 atom stereocenters. The van der Waals surface area contributed by atoms with Gasteiger partial charge in [0.15, 0.2) is 6.29 Å². The van der Waals surface area contributed by atoms with Crippen molar-refractivity contribution in [2.24, 2.45) is 10.7 Å². The van der Waals surface area contributed by atoms with E-state index >= 15 is 0 Å². The lowest BCUT2D eigenvalue weighted by molar-refractivity contribution is -0.418. The largest absolute Gasteiger partial charge is 0.478 e. The summed E-state index contributed by atoms with van der Waals surface area (Å²) >= 11 is 0. The highest BCUT2D eigenvalue weighted by molar-refractivity contribution is 5.76. The Hall–Kier alpha value is -1.63. The molecule has 3 N–H and O–H groups in total. The van der Waals surface area contributed by atoms with Gasteiger partial charge in [0.1, 0.15) is 6.21 Å². The molecule has 1 heterocycles. The van der Waals surface area contributed by atoms with Gasteiger partial charge in [-0.05, 0) is 0 Å². The molecule has 0 saturated carbocycles. The first-order valence-electron chi connectivity index (χ1n) is 3.13. The third-order valence-electron chi connectivity index (χ3n) is 1.27. The van der Waals surface area contributed by atoms with Crippen molar-refractivity contribution in [3.63, 3.8) is 0 Å². The molecule has 0 aliphatic carbocycles. The van der Waals surface area contributed by atoms with Crippen molar-refractivity contribution in [1.82, 2.24) is 5.32 Å². The maximum absolute atomic E-state index is 10.3. The number of nitrogens with zero attached hydrogens (tertiary/aromatic N) is 2. The van der Waals surface area contributed by atoms with E-state index in [-0.39, 0.29) is 11.6 Å². The summed E-state index contributed by atoms with van der Waals surface area (Å²) in [6, 6.07) is 0. The Kier molecular flexibility index (Phi) is 2.24. The minimum absolute atomic E-state index is 0.0301. The minimum Gasteiger partial charge on any atom is -0.478 e. The topological polar surface area (TPSA) is 103 Å². The molecule has 66 valence electrons. The molecule has 0 bridgehead atoms. The quantitative estimate of drug-likeness (QED) is 0.410. The van der Waals surface area contributed by atoms with Crippen LogP contribution in [-0.4, -0.2) is 24.5 Å². The Labute approximate surface area is 68.1 Å². The number of nitrogens with one attached hydrogen (secondary N) is 1. The molecule has 7 nitrogen and oxygen atoms in total. The van der Waals surface area contributed by atoms with Crippen LogP contribution >= 0.6 is 0 Å². The predicted molar refractivity (Wildman–Crippen MR) is 40.6 cm³/mol. The smallest absolute Gasteiger partial charge is 0.346 e. The molecule has 1 aliphatic heterocycles. The van der Waals surface area contributed by atoms with Crippen LogP contribution in [0.4, 0.5) is 0 Å². The van der Waals surface area contributed by atoms with Crippen LogP contribution in [0.5, 0.6) is 0 Å². The number of nitro groups is 1. The van der Waals surface area contributed by atoms with Crippen LogP contribution in [0.25, 0.3) is 0 Å². The molecule has 1 rings (SSSR count). The second-order valence-corrected chi connectivity index (χ2v) is 2.04. The first-order chi connectivity index (χ1) is 5.65. The zero-order chi connectivity index (χ0) is 9.14. The second kappa shape index (κ2) is 3.18. The Morgan fingerprint density at radius 1 is 1.92 bits per heavy atom. The van der Waals surface area contributed by atoms with Crippen LogP contribution in [-0.2, 0) is 4.74 Å². The van der Waals surface area contributed by atoms with Crippen molar-refractivity contribution in [3.8, 4) is 0 Å². The molecular formula is C5H8N4O3. The van der Waals surface area contributed by atoms with Gasteiger partial charge in [-0.15, -0.1) is 0 Å². The molecule has 7 heteroatoms. The molecule has 0 amide bonds. The molecule has 0 saturated heterocycles. The molecule has 0 aromatic heterocycles. The number of ether oxygens (including phenoxy) is 1. The SMILES string of the molecule is COC1=C([N+](=O)[O-])C=NC(N)N1. The normalized spacial score (nSPS) is 22.0. The molecular weight excluding hydrogens is 164 g/mol. The van der Waals surface area contributed by atoms with E-state index in [1.165, 1.54) is 7.11 Å². The average Bonchev–Trinajstić information content (AvgIpc) is 2.03. The van der Waals surface area contributed by atoms with Gasteiger partial charge < -0.3 is 10.1 Å². The van der Waals surface area contributed by atoms with Gasteiger partial charge in [-0.2, -0.15) is 0 Å². The number of nitrogens with two attached hydrogens (primary N) is 1. The van der Waals surface area contributed by atoms with E-state index < -0.39 is 11.2 Å². The van der Waals surface area contributed by atoms with Crippen LogP contribution < -0.4 is 11.1 Å². The Balaban J connectivity index is 2.93. The maximum Gasteiger partial charge on any atom is 0.346 e. The lowest BCUT2D eigenvalue weighted by Crippen LogP contribution is -2.39. The lowest BCUT2D eigenvalue weighted by atomic mass is 10.4. The fourth-order valence-corrected chi connectivity index (χ4v) is 0.749. The lowest BCUT2D eigenvalue weighted by Gasteiger charge is -2.15. The summed E-state index contributed by atoms with van der Waals surface area (Å²) in [6.45, 7) is 0. The first-order valence-corrected chi connectivity index (χ1v) is 3.13. The fraction of sp³-hybridized carbons (Fsp3) is 0.400. The van der Waals surface area contributed by atoms with E-state index in [1.807, 2.05) is 0 Å². The number of rotatable bonds is 2.